The Labute approximate surface area is 96.1 Å². The summed E-state index contributed by atoms with van der Waals surface area (Å²) in [5, 5.41) is 9.05. The SMILES string of the molecule is Cc1ccccc1C[C@H](OC(C)C)C(=O)O. The lowest BCUT2D eigenvalue weighted by atomic mass is 10.0. The highest BCUT2D eigenvalue weighted by atomic mass is 16.5. The van der Waals surface area contributed by atoms with Gasteiger partial charge in [0.15, 0.2) is 6.10 Å². The highest BCUT2D eigenvalue weighted by Gasteiger charge is 2.20. The number of carbonyl (C=O) groups is 1. The van der Waals surface area contributed by atoms with Gasteiger partial charge in [0.2, 0.25) is 0 Å². The van der Waals surface area contributed by atoms with Gasteiger partial charge in [-0.15, -0.1) is 0 Å². The average molecular weight is 222 g/mol. The molecule has 0 heterocycles. The van der Waals surface area contributed by atoms with Crippen LogP contribution in [-0.4, -0.2) is 23.3 Å². The number of carboxylic acids is 1. The Balaban J connectivity index is 2.76. The lowest BCUT2D eigenvalue weighted by Crippen LogP contribution is -2.29. The lowest BCUT2D eigenvalue weighted by Gasteiger charge is -2.17. The predicted molar refractivity (Wildman–Crippen MR) is 62.5 cm³/mol. The van der Waals surface area contributed by atoms with E-state index in [9.17, 15) is 4.79 Å². The van der Waals surface area contributed by atoms with Crippen molar-refractivity contribution in [3.8, 4) is 0 Å². The number of hydrogen-bond acceptors (Lipinski definition) is 2. The molecule has 1 rings (SSSR count). The van der Waals surface area contributed by atoms with E-state index in [1.165, 1.54) is 0 Å². The van der Waals surface area contributed by atoms with E-state index in [4.69, 9.17) is 9.84 Å². The Hall–Kier alpha value is -1.35. The van der Waals surface area contributed by atoms with Crippen LogP contribution in [0.5, 0.6) is 0 Å². The van der Waals surface area contributed by atoms with Gasteiger partial charge in [-0.2, -0.15) is 0 Å². The zero-order chi connectivity index (χ0) is 12.1. The minimum Gasteiger partial charge on any atom is -0.479 e. The van der Waals surface area contributed by atoms with Crippen molar-refractivity contribution in [1.29, 1.82) is 0 Å². The van der Waals surface area contributed by atoms with E-state index in [0.717, 1.165) is 11.1 Å². The summed E-state index contributed by atoms with van der Waals surface area (Å²) in [4.78, 5) is 11.0. The van der Waals surface area contributed by atoms with E-state index in [2.05, 4.69) is 0 Å². The topological polar surface area (TPSA) is 46.5 Å². The van der Waals surface area contributed by atoms with Crippen molar-refractivity contribution >= 4 is 5.97 Å². The summed E-state index contributed by atoms with van der Waals surface area (Å²) in [6.45, 7) is 5.66. The Morgan fingerprint density at radius 1 is 1.38 bits per heavy atom. The fourth-order valence-corrected chi connectivity index (χ4v) is 1.56. The van der Waals surface area contributed by atoms with Crippen LogP contribution in [0.1, 0.15) is 25.0 Å². The number of ether oxygens (including phenoxy) is 1. The van der Waals surface area contributed by atoms with Crippen LogP contribution in [0.25, 0.3) is 0 Å². The third kappa shape index (κ3) is 3.66. The molecule has 0 aromatic heterocycles. The molecular formula is C13H18O3. The smallest absolute Gasteiger partial charge is 0.333 e. The molecular weight excluding hydrogens is 204 g/mol. The number of aryl methyl sites for hydroxylation is 1. The van der Waals surface area contributed by atoms with E-state index in [1.807, 2.05) is 45.0 Å². The zero-order valence-electron chi connectivity index (χ0n) is 9.93. The molecule has 0 aliphatic heterocycles. The molecule has 0 saturated heterocycles. The van der Waals surface area contributed by atoms with Gasteiger partial charge in [0.25, 0.3) is 0 Å². The summed E-state index contributed by atoms with van der Waals surface area (Å²) in [7, 11) is 0. The van der Waals surface area contributed by atoms with Crippen molar-refractivity contribution in [2.24, 2.45) is 0 Å². The Kier molecular flexibility index (Phi) is 4.50. The van der Waals surface area contributed by atoms with E-state index >= 15 is 0 Å². The van der Waals surface area contributed by atoms with Crippen molar-refractivity contribution in [2.75, 3.05) is 0 Å². The third-order valence-corrected chi connectivity index (χ3v) is 2.38. The molecule has 0 bridgehead atoms. The summed E-state index contributed by atoms with van der Waals surface area (Å²) in [5.41, 5.74) is 2.12. The molecule has 3 heteroatoms. The summed E-state index contributed by atoms with van der Waals surface area (Å²) >= 11 is 0. The number of aliphatic carboxylic acids is 1. The molecule has 0 unspecified atom stereocenters. The van der Waals surface area contributed by atoms with Gasteiger partial charge in [0.05, 0.1) is 6.10 Å². The molecule has 0 spiro atoms. The van der Waals surface area contributed by atoms with Crippen LogP contribution in [0.3, 0.4) is 0 Å². The Bertz CT molecular complexity index is 358. The second-order valence-corrected chi connectivity index (χ2v) is 4.14. The molecule has 16 heavy (non-hydrogen) atoms. The van der Waals surface area contributed by atoms with Crippen molar-refractivity contribution in [3.05, 3.63) is 35.4 Å². The van der Waals surface area contributed by atoms with Gasteiger partial charge in [-0.3, -0.25) is 0 Å². The summed E-state index contributed by atoms with van der Waals surface area (Å²) < 4.78 is 5.37. The number of rotatable bonds is 5. The number of benzene rings is 1. The second kappa shape index (κ2) is 5.66. The minimum atomic E-state index is -0.906. The number of hydrogen-bond donors (Lipinski definition) is 1. The van der Waals surface area contributed by atoms with Gasteiger partial charge in [-0.1, -0.05) is 24.3 Å². The molecule has 0 fully saturated rings. The first kappa shape index (κ1) is 12.7. The molecule has 3 nitrogen and oxygen atoms in total. The zero-order valence-corrected chi connectivity index (χ0v) is 9.93. The molecule has 1 aromatic carbocycles. The maximum Gasteiger partial charge on any atom is 0.333 e. The Morgan fingerprint density at radius 3 is 2.50 bits per heavy atom. The van der Waals surface area contributed by atoms with Gasteiger partial charge in [0, 0.05) is 6.42 Å². The first-order valence-corrected chi connectivity index (χ1v) is 5.43. The van der Waals surface area contributed by atoms with Gasteiger partial charge in [-0.05, 0) is 31.9 Å². The standard InChI is InChI=1S/C13H18O3/c1-9(2)16-12(13(14)15)8-11-7-5-4-6-10(11)3/h4-7,9,12H,8H2,1-3H3,(H,14,15)/t12-/m0/s1. The maximum absolute atomic E-state index is 11.0. The lowest BCUT2D eigenvalue weighted by molar-refractivity contribution is -0.153. The normalized spacial score (nSPS) is 12.8. The van der Waals surface area contributed by atoms with Crippen LogP contribution in [0, 0.1) is 6.92 Å². The largest absolute Gasteiger partial charge is 0.479 e. The van der Waals surface area contributed by atoms with Gasteiger partial charge >= 0.3 is 5.97 Å². The molecule has 0 radical (unpaired) electrons. The van der Waals surface area contributed by atoms with Crippen LogP contribution >= 0.6 is 0 Å². The van der Waals surface area contributed by atoms with E-state index in [-0.39, 0.29) is 6.10 Å². The van der Waals surface area contributed by atoms with Crippen molar-refractivity contribution in [1.82, 2.24) is 0 Å². The molecule has 0 aliphatic carbocycles. The van der Waals surface area contributed by atoms with Crippen LogP contribution in [0.15, 0.2) is 24.3 Å². The summed E-state index contributed by atoms with van der Waals surface area (Å²) in [6.07, 6.45) is -0.425. The number of carboxylic acid groups (broad SMARTS) is 1. The van der Waals surface area contributed by atoms with Gasteiger partial charge in [-0.25, -0.2) is 4.79 Å². The first-order chi connectivity index (χ1) is 7.50. The van der Waals surface area contributed by atoms with Crippen molar-refractivity contribution < 1.29 is 14.6 Å². The van der Waals surface area contributed by atoms with E-state index in [0.29, 0.717) is 6.42 Å². The second-order valence-electron chi connectivity index (χ2n) is 4.14. The summed E-state index contributed by atoms with van der Waals surface area (Å²) in [6, 6.07) is 7.77. The Morgan fingerprint density at radius 2 is 2.00 bits per heavy atom. The third-order valence-electron chi connectivity index (χ3n) is 2.38. The molecule has 0 aliphatic rings. The van der Waals surface area contributed by atoms with Crippen LogP contribution in [0.2, 0.25) is 0 Å². The van der Waals surface area contributed by atoms with Crippen LogP contribution in [-0.2, 0) is 16.0 Å². The highest BCUT2D eigenvalue weighted by molar-refractivity contribution is 5.72. The first-order valence-electron chi connectivity index (χ1n) is 5.43. The van der Waals surface area contributed by atoms with E-state index < -0.39 is 12.1 Å². The molecule has 0 amide bonds. The maximum atomic E-state index is 11.0. The molecule has 0 saturated carbocycles. The van der Waals surface area contributed by atoms with Gasteiger partial charge in [0.1, 0.15) is 0 Å². The quantitative estimate of drug-likeness (QED) is 0.832. The molecule has 1 aromatic rings. The van der Waals surface area contributed by atoms with Crippen molar-refractivity contribution in [3.63, 3.8) is 0 Å². The average Bonchev–Trinajstić information content (AvgIpc) is 2.19. The van der Waals surface area contributed by atoms with Crippen LogP contribution in [0.4, 0.5) is 0 Å². The monoisotopic (exact) mass is 222 g/mol. The van der Waals surface area contributed by atoms with E-state index in [1.54, 1.807) is 0 Å². The minimum absolute atomic E-state index is 0.0786. The fraction of sp³-hybridized carbons (Fsp3) is 0.462. The molecule has 1 atom stereocenters. The van der Waals surface area contributed by atoms with Crippen LogP contribution < -0.4 is 0 Å². The fourth-order valence-electron chi connectivity index (χ4n) is 1.56. The van der Waals surface area contributed by atoms with Crippen molar-refractivity contribution in [2.45, 2.75) is 39.4 Å². The predicted octanol–water partition coefficient (Wildman–Crippen LogP) is 2.42. The molecule has 88 valence electrons. The summed E-state index contributed by atoms with van der Waals surface area (Å²) in [5.74, 6) is -0.906. The highest BCUT2D eigenvalue weighted by Crippen LogP contribution is 2.12. The molecule has 1 N–H and O–H groups in total. The van der Waals surface area contributed by atoms with Gasteiger partial charge < -0.3 is 9.84 Å².